The maximum absolute atomic E-state index is 4.42. The lowest BCUT2D eigenvalue weighted by Gasteiger charge is -2.04. The highest BCUT2D eigenvalue weighted by Crippen LogP contribution is 2.17. The highest BCUT2D eigenvalue weighted by molar-refractivity contribution is 5.58. The van der Waals surface area contributed by atoms with Crippen LogP contribution in [0.1, 0.15) is 11.4 Å². The molecule has 0 fully saturated rings. The Hall–Kier alpha value is -2.30. The summed E-state index contributed by atoms with van der Waals surface area (Å²) in [5, 5.41) is 3.05. The molecule has 3 rings (SSSR count). The molecule has 0 saturated carbocycles. The zero-order valence-corrected chi connectivity index (χ0v) is 8.46. The van der Waals surface area contributed by atoms with E-state index in [1.807, 2.05) is 6.08 Å². The van der Waals surface area contributed by atoms with Gasteiger partial charge in [-0.05, 0) is 6.08 Å². The molecule has 1 N–H and O–H groups in total. The molecule has 2 aromatic rings. The van der Waals surface area contributed by atoms with Gasteiger partial charge in [0, 0.05) is 18.8 Å². The highest BCUT2D eigenvalue weighted by Gasteiger charge is 2.08. The first-order valence-corrected chi connectivity index (χ1v) is 4.97. The Kier molecular flexibility index (Phi) is 2.07. The molecule has 0 unspecified atom stereocenters. The Labute approximate surface area is 92.3 Å². The molecule has 2 heterocycles. The van der Waals surface area contributed by atoms with Crippen LogP contribution in [0.25, 0.3) is 6.08 Å². The molecule has 0 amide bonds. The molecule has 1 aliphatic carbocycles. The van der Waals surface area contributed by atoms with E-state index in [2.05, 4.69) is 31.3 Å². The van der Waals surface area contributed by atoms with Crippen LogP contribution in [-0.2, 0) is 6.42 Å². The molecule has 0 aromatic carbocycles. The number of fused-ring (bicyclic) bond motifs is 1. The van der Waals surface area contributed by atoms with Gasteiger partial charge in [0.25, 0.3) is 0 Å². The summed E-state index contributed by atoms with van der Waals surface area (Å²) in [7, 11) is 0. The van der Waals surface area contributed by atoms with E-state index in [1.54, 1.807) is 24.8 Å². The third-order valence-corrected chi connectivity index (χ3v) is 2.29. The summed E-state index contributed by atoms with van der Waals surface area (Å²) < 4.78 is 0. The van der Waals surface area contributed by atoms with Gasteiger partial charge in [0.05, 0.1) is 23.8 Å². The number of allylic oxidation sites excluding steroid dienone is 1. The molecule has 78 valence electrons. The molecule has 0 aliphatic heterocycles. The molecule has 16 heavy (non-hydrogen) atoms. The Morgan fingerprint density at radius 1 is 1.06 bits per heavy atom. The molecular weight excluding hydrogens is 202 g/mol. The standard InChI is InChI=1S/C11H9N5/c1-2-8-9(3-1)15-11(7-14-8)16-10-6-12-4-5-13-10/h1,3-7H,2H2,(H,13,15,16). The molecule has 0 spiro atoms. The van der Waals surface area contributed by atoms with Gasteiger partial charge in [-0.1, -0.05) is 6.08 Å². The minimum absolute atomic E-state index is 0.665. The lowest BCUT2D eigenvalue weighted by molar-refractivity contribution is 1.06. The quantitative estimate of drug-likeness (QED) is 0.817. The summed E-state index contributed by atoms with van der Waals surface area (Å²) in [4.78, 5) is 16.8. The predicted molar refractivity (Wildman–Crippen MR) is 60.1 cm³/mol. The fraction of sp³-hybridized carbons (Fsp3) is 0.0909. The normalized spacial score (nSPS) is 12.5. The van der Waals surface area contributed by atoms with E-state index in [0.717, 1.165) is 17.8 Å². The summed E-state index contributed by atoms with van der Waals surface area (Å²) in [5.41, 5.74) is 1.94. The first-order valence-electron chi connectivity index (χ1n) is 4.97. The average Bonchev–Trinajstić information content (AvgIpc) is 2.77. The van der Waals surface area contributed by atoms with Crippen molar-refractivity contribution in [2.45, 2.75) is 6.42 Å². The minimum atomic E-state index is 0.665. The van der Waals surface area contributed by atoms with Gasteiger partial charge in [-0.25, -0.2) is 9.97 Å². The largest absolute Gasteiger partial charge is 0.322 e. The van der Waals surface area contributed by atoms with Crippen molar-refractivity contribution >= 4 is 17.7 Å². The number of hydrogen-bond donors (Lipinski definition) is 1. The van der Waals surface area contributed by atoms with Crippen molar-refractivity contribution in [3.05, 3.63) is 42.3 Å². The number of hydrogen-bond acceptors (Lipinski definition) is 5. The zero-order valence-electron chi connectivity index (χ0n) is 8.46. The van der Waals surface area contributed by atoms with E-state index >= 15 is 0 Å². The van der Waals surface area contributed by atoms with Crippen LogP contribution in [0.4, 0.5) is 11.6 Å². The second kappa shape index (κ2) is 3.69. The third-order valence-electron chi connectivity index (χ3n) is 2.29. The summed E-state index contributed by atoms with van der Waals surface area (Å²) in [5.74, 6) is 1.35. The van der Waals surface area contributed by atoms with E-state index in [-0.39, 0.29) is 0 Å². The molecule has 2 aromatic heterocycles. The van der Waals surface area contributed by atoms with Crippen molar-refractivity contribution in [3.63, 3.8) is 0 Å². The molecular formula is C11H9N5. The predicted octanol–water partition coefficient (Wildman–Crippen LogP) is 1.58. The number of nitrogens with one attached hydrogen (secondary N) is 1. The SMILES string of the molecule is C1=Cc2nc(Nc3cnccn3)cnc2C1. The molecule has 1 aliphatic rings. The summed E-state index contributed by atoms with van der Waals surface area (Å²) >= 11 is 0. The monoisotopic (exact) mass is 211 g/mol. The fourth-order valence-corrected chi connectivity index (χ4v) is 1.56. The third kappa shape index (κ3) is 1.63. The summed E-state index contributed by atoms with van der Waals surface area (Å²) in [6.45, 7) is 0. The molecule has 0 bridgehead atoms. The van der Waals surface area contributed by atoms with E-state index in [9.17, 15) is 0 Å². The van der Waals surface area contributed by atoms with Crippen LogP contribution in [-0.4, -0.2) is 19.9 Å². The van der Waals surface area contributed by atoms with Crippen LogP contribution >= 0.6 is 0 Å². The van der Waals surface area contributed by atoms with Gasteiger partial charge in [0.2, 0.25) is 0 Å². The van der Waals surface area contributed by atoms with Crippen molar-refractivity contribution in [1.29, 1.82) is 0 Å². The maximum Gasteiger partial charge on any atom is 0.150 e. The first kappa shape index (κ1) is 8.96. The zero-order chi connectivity index (χ0) is 10.8. The van der Waals surface area contributed by atoms with Gasteiger partial charge in [-0.2, -0.15) is 0 Å². The van der Waals surface area contributed by atoms with E-state index in [4.69, 9.17) is 0 Å². The van der Waals surface area contributed by atoms with Gasteiger partial charge in [-0.15, -0.1) is 0 Å². The number of rotatable bonds is 2. The Balaban J connectivity index is 1.88. The Bertz CT molecular complexity index is 535. The van der Waals surface area contributed by atoms with Crippen LogP contribution in [0, 0.1) is 0 Å². The van der Waals surface area contributed by atoms with Crippen molar-refractivity contribution < 1.29 is 0 Å². The fourth-order valence-electron chi connectivity index (χ4n) is 1.56. The van der Waals surface area contributed by atoms with E-state index in [1.165, 1.54) is 0 Å². The lowest BCUT2D eigenvalue weighted by atomic mass is 10.3. The molecule has 0 radical (unpaired) electrons. The van der Waals surface area contributed by atoms with Gasteiger partial charge < -0.3 is 5.32 Å². The van der Waals surface area contributed by atoms with Crippen LogP contribution < -0.4 is 5.32 Å². The van der Waals surface area contributed by atoms with Crippen molar-refractivity contribution in [3.8, 4) is 0 Å². The highest BCUT2D eigenvalue weighted by atomic mass is 15.1. The number of aromatic nitrogens is 4. The van der Waals surface area contributed by atoms with Crippen LogP contribution in [0.2, 0.25) is 0 Å². The van der Waals surface area contributed by atoms with Crippen molar-refractivity contribution in [2.75, 3.05) is 5.32 Å². The molecule has 5 heteroatoms. The average molecular weight is 211 g/mol. The molecule has 0 atom stereocenters. The number of anilines is 2. The Morgan fingerprint density at radius 2 is 2.06 bits per heavy atom. The van der Waals surface area contributed by atoms with Crippen molar-refractivity contribution in [1.82, 2.24) is 19.9 Å². The second-order valence-electron chi connectivity index (χ2n) is 3.41. The second-order valence-corrected chi connectivity index (χ2v) is 3.41. The van der Waals surface area contributed by atoms with E-state index in [0.29, 0.717) is 11.6 Å². The van der Waals surface area contributed by atoms with Gasteiger partial charge in [-0.3, -0.25) is 9.97 Å². The smallest absolute Gasteiger partial charge is 0.150 e. The maximum atomic E-state index is 4.42. The van der Waals surface area contributed by atoms with Gasteiger partial charge >= 0.3 is 0 Å². The van der Waals surface area contributed by atoms with Crippen LogP contribution in [0.3, 0.4) is 0 Å². The van der Waals surface area contributed by atoms with Gasteiger partial charge in [0.1, 0.15) is 5.82 Å². The van der Waals surface area contributed by atoms with Gasteiger partial charge in [0.15, 0.2) is 5.82 Å². The summed E-state index contributed by atoms with van der Waals surface area (Å²) in [6, 6.07) is 0. The topological polar surface area (TPSA) is 63.6 Å². The minimum Gasteiger partial charge on any atom is -0.322 e. The summed E-state index contributed by atoms with van der Waals surface area (Å²) in [6.07, 6.45) is 11.5. The Morgan fingerprint density at radius 3 is 2.94 bits per heavy atom. The van der Waals surface area contributed by atoms with Crippen LogP contribution in [0.5, 0.6) is 0 Å². The van der Waals surface area contributed by atoms with E-state index < -0.39 is 0 Å². The molecule has 0 saturated heterocycles. The number of nitrogens with zero attached hydrogens (tertiary/aromatic N) is 4. The molecule has 5 nitrogen and oxygen atoms in total. The van der Waals surface area contributed by atoms with Crippen LogP contribution in [0.15, 0.2) is 30.9 Å². The lowest BCUT2D eigenvalue weighted by Crippen LogP contribution is -2.00. The van der Waals surface area contributed by atoms with Crippen molar-refractivity contribution in [2.24, 2.45) is 0 Å². The first-order chi connectivity index (χ1) is 7.92.